The van der Waals surface area contributed by atoms with Crippen LogP contribution in [0, 0.1) is 6.92 Å². The first-order valence-electron chi connectivity index (χ1n) is 6.44. The molecule has 4 heteroatoms. The number of hydrogen-bond donors (Lipinski definition) is 1. The minimum Gasteiger partial charge on any atom is -0.497 e. The fourth-order valence-corrected chi connectivity index (χ4v) is 2.31. The van der Waals surface area contributed by atoms with Crippen molar-refractivity contribution in [1.82, 2.24) is 15.1 Å². The van der Waals surface area contributed by atoms with Crippen molar-refractivity contribution in [2.75, 3.05) is 14.2 Å². The van der Waals surface area contributed by atoms with Gasteiger partial charge in [-0.3, -0.25) is 4.68 Å². The lowest BCUT2D eigenvalue weighted by molar-refractivity contribution is 0.413. The SMILES string of the molecule is CNC(Cc1cc(C)nn1C)c1cccc(OC)c1. The average Bonchev–Trinajstić information content (AvgIpc) is 2.74. The summed E-state index contributed by atoms with van der Waals surface area (Å²) in [4.78, 5) is 0. The maximum absolute atomic E-state index is 5.28. The minimum absolute atomic E-state index is 0.255. The third-order valence-corrected chi connectivity index (χ3v) is 3.36. The molecule has 102 valence electrons. The van der Waals surface area contributed by atoms with Gasteiger partial charge in [0.15, 0.2) is 0 Å². The van der Waals surface area contributed by atoms with E-state index in [1.165, 1.54) is 11.3 Å². The zero-order valence-electron chi connectivity index (χ0n) is 12.0. The van der Waals surface area contributed by atoms with Gasteiger partial charge in [0.2, 0.25) is 0 Å². The zero-order valence-corrected chi connectivity index (χ0v) is 12.0. The molecule has 0 aliphatic rings. The Hall–Kier alpha value is -1.81. The van der Waals surface area contributed by atoms with Gasteiger partial charge in [0.25, 0.3) is 0 Å². The van der Waals surface area contributed by atoms with Crippen molar-refractivity contribution in [2.45, 2.75) is 19.4 Å². The number of ether oxygens (including phenoxy) is 1. The van der Waals surface area contributed by atoms with Crippen LogP contribution in [-0.4, -0.2) is 23.9 Å². The van der Waals surface area contributed by atoms with Gasteiger partial charge >= 0.3 is 0 Å². The number of aromatic nitrogens is 2. The third kappa shape index (κ3) is 3.15. The van der Waals surface area contributed by atoms with Crippen LogP contribution in [0.15, 0.2) is 30.3 Å². The van der Waals surface area contributed by atoms with E-state index >= 15 is 0 Å². The van der Waals surface area contributed by atoms with Crippen LogP contribution in [0.3, 0.4) is 0 Å². The summed E-state index contributed by atoms with van der Waals surface area (Å²) in [6, 6.07) is 10.6. The molecule has 1 aromatic heterocycles. The van der Waals surface area contributed by atoms with Crippen LogP contribution in [0.5, 0.6) is 5.75 Å². The van der Waals surface area contributed by atoms with E-state index in [2.05, 4.69) is 28.6 Å². The second kappa shape index (κ2) is 5.89. The van der Waals surface area contributed by atoms with Crippen molar-refractivity contribution >= 4 is 0 Å². The quantitative estimate of drug-likeness (QED) is 0.895. The van der Waals surface area contributed by atoms with E-state index in [9.17, 15) is 0 Å². The van der Waals surface area contributed by atoms with E-state index in [0.29, 0.717) is 0 Å². The summed E-state index contributed by atoms with van der Waals surface area (Å²) in [5.74, 6) is 0.888. The summed E-state index contributed by atoms with van der Waals surface area (Å²) < 4.78 is 7.23. The molecule has 1 aromatic carbocycles. The van der Waals surface area contributed by atoms with E-state index in [4.69, 9.17) is 4.74 Å². The molecule has 0 saturated heterocycles. The lowest BCUT2D eigenvalue weighted by Gasteiger charge is -2.17. The molecule has 2 rings (SSSR count). The largest absolute Gasteiger partial charge is 0.497 e. The zero-order chi connectivity index (χ0) is 13.8. The predicted molar refractivity (Wildman–Crippen MR) is 76.4 cm³/mol. The van der Waals surface area contributed by atoms with E-state index in [0.717, 1.165) is 17.9 Å². The third-order valence-electron chi connectivity index (χ3n) is 3.36. The average molecular weight is 259 g/mol. The number of rotatable bonds is 5. The van der Waals surface area contributed by atoms with Gasteiger partial charge in [-0.05, 0) is 37.7 Å². The first kappa shape index (κ1) is 13.6. The number of hydrogen-bond acceptors (Lipinski definition) is 3. The van der Waals surface area contributed by atoms with E-state index in [1.807, 2.05) is 37.8 Å². The van der Waals surface area contributed by atoms with Gasteiger partial charge < -0.3 is 10.1 Å². The molecule has 1 N–H and O–H groups in total. The summed E-state index contributed by atoms with van der Waals surface area (Å²) in [6.07, 6.45) is 0.904. The Balaban J connectivity index is 2.22. The van der Waals surface area contributed by atoms with Crippen LogP contribution in [0.25, 0.3) is 0 Å². The van der Waals surface area contributed by atoms with Gasteiger partial charge in [0.1, 0.15) is 5.75 Å². The van der Waals surface area contributed by atoms with Crippen LogP contribution in [0.1, 0.15) is 23.0 Å². The van der Waals surface area contributed by atoms with Gasteiger partial charge in [-0.15, -0.1) is 0 Å². The normalized spacial score (nSPS) is 12.4. The first-order valence-corrected chi connectivity index (χ1v) is 6.44. The van der Waals surface area contributed by atoms with Crippen molar-refractivity contribution in [3.8, 4) is 5.75 Å². The van der Waals surface area contributed by atoms with Gasteiger partial charge in [-0.25, -0.2) is 0 Å². The Morgan fingerprint density at radius 3 is 2.74 bits per heavy atom. The molecule has 0 radical (unpaired) electrons. The fourth-order valence-electron chi connectivity index (χ4n) is 2.31. The van der Waals surface area contributed by atoms with Crippen LogP contribution in [0.2, 0.25) is 0 Å². The molecule has 0 saturated carbocycles. The number of likely N-dealkylation sites (N-methyl/N-ethyl adjacent to an activating group) is 1. The minimum atomic E-state index is 0.255. The topological polar surface area (TPSA) is 39.1 Å². The molecule has 19 heavy (non-hydrogen) atoms. The Morgan fingerprint density at radius 2 is 2.16 bits per heavy atom. The number of aryl methyl sites for hydroxylation is 2. The lowest BCUT2D eigenvalue weighted by Crippen LogP contribution is -2.20. The summed E-state index contributed by atoms with van der Waals surface area (Å²) in [7, 11) is 5.66. The molecule has 1 heterocycles. The van der Waals surface area contributed by atoms with Crippen LogP contribution < -0.4 is 10.1 Å². The molecule has 0 aliphatic heterocycles. The van der Waals surface area contributed by atoms with E-state index < -0.39 is 0 Å². The van der Waals surface area contributed by atoms with Gasteiger partial charge in [-0.2, -0.15) is 5.10 Å². The summed E-state index contributed by atoms with van der Waals surface area (Å²) in [5.41, 5.74) is 3.50. The Labute approximate surface area is 114 Å². The van der Waals surface area contributed by atoms with Crippen molar-refractivity contribution < 1.29 is 4.74 Å². The standard InChI is InChI=1S/C15H21N3O/c1-11-8-13(18(3)17-11)10-15(16-2)12-6-5-7-14(9-12)19-4/h5-9,15-16H,10H2,1-4H3. The molecule has 0 amide bonds. The number of nitrogens with zero attached hydrogens (tertiary/aromatic N) is 2. The predicted octanol–water partition coefficient (Wildman–Crippen LogP) is 2.24. The highest BCUT2D eigenvalue weighted by Crippen LogP contribution is 2.22. The summed E-state index contributed by atoms with van der Waals surface area (Å²) >= 11 is 0. The van der Waals surface area contributed by atoms with E-state index in [-0.39, 0.29) is 6.04 Å². The van der Waals surface area contributed by atoms with Crippen LogP contribution in [-0.2, 0) is 13.5 Å². The van der Waals surface area contributed by atoms with Crippen molar-refractivity contribution in [1.29, 1.82) is 0 Å². The van der Waals surface area contributed by atoms with Crippen molar-refractivity contribution in [2.24, 2.45) is 7.05 Å². The summed E-state index contributed by atoms with van der Waals surface area (Å²) in [6.45, 7) is 2.02. The lowest BCUT2D eigenvalue weighted by atomic mass is 10.0. The maximum Gasteiger partial charge on any atom is 0.119 e. The Bertz CT molecular complexity index is 548. The number of benzene rings is 1. The maximum atomic E-state index is 5.28. The molecule has 0 aliphatic carbocycles. The van der Waals surface area contributed by atoms with Crippen molar-refractivity contribution in [3.63, 3.8) is 0 Å². The second-order valence-electron chi connectivity index (χ2n) is 4.72. The Kier molecular flexibility index (Phi) is 4.22. The smallest absolute Gasteiger partial charge is 0.119 e. The van der Waals surface area contributed by atoms with Gasteiger partial charge in [0.05, 0.1) is 12.8 Å². The second-order valence-corrected chi connectivity index (χ2v) is 4.72. The number of nitrogens with one attached hydrogen (secondary N) is 1. The molecular formula is C15H21N3O. The number of methoxy groups -OCH3 is 1. The first-order chi connectivity index (χ1) is 9.13. The highest BCUT2D eigenvalue weighted by molar-refractivity contribution is 5.31. The molecule has 1 unspecified atom stereocenters. The summed E-state index contributed by atoms with van der Waals surface area (Å²) in [5, 5.41) is 7.75. The molecule has 0 fully saturated rings. The molecule has 2 aromatic rings. The fraction of sp³-hybridized carbons (Fsp3) is 0.400. The Morgan fingerprint density at radius 1 is 1.37 bits per heavy atom. The van der Waals surface area contributed by atoms with Crippen LogP contribution >= 0.6 is 0 Å². The van der Waals surface area contributed by atoms with Crippen molar-refractivity contribution in [3.05, 3.63) is 47.3 Å². The van der Waals surface area contributed by atoms with E-state index in [1.54, 1.807) is 7.11 Å². The monoisotopic (exact) mass is 259 g/mol. The van der Waals surface area contributed by atoms with Crippen LogP contribution in [0.4, 0.5) is 0 Å². The van der Waals surface area contributed by atoms with Gasteiger partial charge in [0, 0.05) is 25.2 Å². The molecule has 1 atom stereocenters. The highest BCUT2D eigenvalue weighted by Gasteiger charge is 2.13. The van der Waals surface area contributed by atoms with Gasteiger partial charge in [-0.1, -0.05) is 12.1 Å². The molecule has 0 bridgehead atoms. The molecule has 4 nitrogen and oxygen atoms in total. The molecule has 0 spiro atoms. The highest BCUT2D eigenvalue weighted by atomic mass is 16.5. The molecular weight excluding hydrogens is 238 g/mol.